The molecule has 144 valence electrons. The summed E-state index contributed by atoms with van der Waals surface area (Å²) in [6.45, 7) is 9.09. The zero-order valence-electron chi connectivity index (χ0n) is 16.5. The Hall–Kier alpha value is -2.82. The number of nitrogens with zero attached hydrogens (tertiary/aromatic N) is 1. The van der Waals surface area contributed by atoms with Crippen molar-refractivity contribution in [1.82, 2.24) is 4.90 Å². The van der Waals surface area contributed by atoms with Gasteiger partial charge in [0.1, 0.15) is 5.75 Å². The number of ether oxygens (including phenoxy) is 1. The summed E-state index contributed by atoms with van der Waals surface area (Å²) in [5.74, 6) is 0.387. The molecule has 0 bridgehead atoms. The highest BCUT2D eigenvalue weighted by atomic mass is 16.5. The summed E-state index contributed by atoms with van der Waals surface area (Å²) < 4.78 is 5.82. The van der Waals surface area contributed by atoms with Crippen LogP contribution in [0.2, 0.25) is 0 Å². The second-order valence-corrected chi connectivity index (χ2v) is 6.38. The van der Waals surface area contributed by atoms with E-state index in [1.807, 2.05) is 52.0 Å². The zero-order valence-corrected chi connectivity index (χ0v) is 16.5. The van der Waals surface area contributed by atoms with Gasteiger partial charge in [-0.25, -0.2) is 0 Å². The smallest absolute Gasteiger partial charge is 0.265 e. The zero-order chi connectivity index (χ0) is 19.8. The lowest BCUT2D eigenvalue weighted by molar-refractivity contribution is -0.122. The molecule has 0 radical (unpaired) electrons. The second-order valence-electron chi connectivity index (χ2n) is 6.38. The maximum atomic E-state index is 12.6. The van der Waals surface area contributed by atoms with Crippen molar-refractivity contribution in [2.24, 2.45) is 0 Å². The topological polar surface area (TPSA) is 58.6 Å². The molecule has 5 nitrogen and oxygen atoms in total. The Kier molecular flexibility index (Phi) is 7.41. The molecular formula is C22H28N2O3. The first-order valence-corrected chi connectivity index (χ1v) is 9.42. The lowest BCUT2D eigenvalue weighted by Gasteiger charge is -2.20. The Morgan fingerprint density at radius 3 is 2.30 bits per heavy atom. The standard InChI is InChI=1S/C22H28N2O3/c1-5-20(27-19-13-11-16(4)12-14-19)21(25)23-18-10-8-9-17(15-18)22(26)24(6-2)7-3/h8-15,20H,5-7H2,1-4H3,(H,23,25)/t20-/m0/s1. The number of amides is 2. The number of hydrogen-bond donors (Lipinski definition) is 1. The maximum Gasteiger partial charge on any atom is 0.265 e. The lowest BCUT2D eigenvalue weighted by atomic mass is 10.1. The van der Waals surface area contributed by atoms with Crippen LogP contribution in [0.4, 0.5) is 5.69 Å². The van der Waals surface area contributed by atoms with Crippen LogP contribution in [0, 0.1) is 6.92 Å². The third-order valence-electron chi connectivity index (χ3n) is 4.39. The first-order chi connectivity index (χ1) is 13.0. The minimum atomic E-state index is -0.602. The first kappa shape index (κ1) is 20.5. The highest BCUT2D eigenvalue weighted by Crippen LogP contribution is 2.17. The summed E-state index contributed by atoms with van der Waals surface area (Å²) in [7, 11) is 0. The van der Waals surface area contributed by atoms with E-state index in [4.69, 9.17) is 4.74 Å². The van der Waals surface area contributed by atoms with Gasteiger partial charge in [0.2, 0.25) is 0 Å². The molecule has 0 aliphatic rings. The molecule has 5 heteroatoms. The van der Waals surface area contributed by atoms with Crippen molar-refractivity contribution in [2.45, 2.75) is 40.2 Å². The van der Waals surface area contributed by atoms with E-state index in [1.54, 1.807) is 29.2 Å². The summed E-state index contributed by atoms with van der Waals surface area (Å²) in [6, 6.07) is 14.6. The fraction of sp³-hybridized carbons (Fsp3) is 0.364. The van der Waals surface area contributed by atoms with Crippen molar-refractivity contribution < 1.29 is 14.3 Å². The highest BCUT2D eigenvalue weighted by molar-refractivity contribution is 5.98. The van der Waals surface area contributed by atoms with Crippen molar-refractivity contribution in [3.05, 3.63) is 59.7 Å². The molecule has 0 aromatic heterocycles. The third-order valence-corrected chi connectivity index (χ3v) is 4.39. The molecule has 0 fully saturated rings. The minimum absolute atomic E-state index is 0.0426. The molecule has 0 saturated heterocycles. The number of rotatable bonds is 8. The first-order valence-electron chi connectivity index (χ1n) is 9.42. The van der Waals surface area contributed by atoms with Crippen molar-refractivity contribution >= 4 is 17.5 Å². The molecule has 2 rings (SSSR count). The van der Waals surface area contributed by atoms with Gasteiger partial charge in [0, 0.05) is 24.3 Å². The number of anilines is 1. The van der Waals surface area contributed by atoms with Gasteiger partial charge in [-0.05, 0) is 57.5 Å². The lowest BCUT2D eigenvalue weighted by Crippen LogP contribution is -2.33. The van der Waals surface area contributed by atoms with E-state index >= 15 is 0 Å². The molecule has 0 saturated carbocycles. The summed E-state index contributed by atoms with van der Waals surface area (Å²) in [6.07, 6.45) is -0.0625. The number of hydrogen-bond acceptors (Lipinski definition) is 3. The van der Waals surface area contributed by atoms with Crippen LogP contribution in [-0.2, 0) is 4.79 Å². The van der Waals surface area contributed by atoms with E-state index in [0.29, 0.717) is 36.5 Å². The monoisotopic (exact) mass is 368 g/mol. The third kappa shape index (κ3) is 5.58. The molecule has 0 heterocycles. The maximum absolute atomic E-state index is 12.6. The van der Waals surface area contributed by atoms with Gasteiger partial charge in [-0.3, -0.25) is 9.59 Å². The molecule has 2 aromatic rings. The Morgan fingerprint density at radius 1 is 1.04 bits per heavy atom. The van der Waals surface area contributed by atoms with Gasteiger partial charge in [0.05, 0.1) is 0 Å². The van der Waals surface area contributed by atoms with Crippen LogP contribution in [0.25, 0.3) is 0 Å². The number of aryl methyl sites for hydroxylation is 1. The number of nitrogens with one attached hydrogen (secondary N) is 1. The average Bonchev–Trinajstić information content (AvgIpc) is 2.68. The quantitative estimate of drug-likeness (QED) is 0.757. The molecule has 27 heavy (non-hydrogen) atoms. The van der Waals surface area contributed by atoms with Crippen LogP contribution in [-0.4, -0.2) is 35.9 Å². The Morgan fingerprint density at radius 2 is 1.70 bits per heavy atom. The summed E-state index contributed by atoms with van der Waals surface area (Å²) >= 11 is 0. The largest absolute Gasteiger partial charge is 0.481 e. The van der Waals surface area contributed by atoms with Crippen LogP contribution >= 0.6 is 0 Å². The normalized spacial score (nSPS) is 11.6. The second kappa shape index (κ2) is 9.76. The molecule has 1 atom stereocenters. The van der Waals surface area contributed by atoms with Gasteiger partial charge in [-0.2, -0.15) is 0 Å². The molecule has 0 spiro atoms. The van der Waals surface area contributed by atoms with Gasteiger partial charge >= 0.3 is 0 Å². The molecule has 1 N–H and O–H groups in total. The number of carbonyl (C=O) groups excluding carboxylic acids is 2. The summed E-state index contributed by atoms with van der Waals surface area (Å²) in [5.41, 5.74) is 2.28. The predicted octanol–water partition coefficient (Wildman–Crippen LogP) is 4.27. The molecule has 2 aromatic carbocycles. The Balaban J connectivity index is 2.08. The van der Waals surface area contributed by atoms with E-state index in [1.165, 1.54) is 0 Å². The van der Waals surface area contributed by atoms with Gasteiger partial charge in [-0.1, -0.05) is 30.7 Å². The van der Waals surface area contributed by atoms with E-state index in [9.17, 15) is 9.59 Å². The van der Waals surface area contributed by atoms with Crippen molar-refractivity contribution in [2.75, 3.05) is 18.4 Å². The molecule has 0 aliphatic heterocycles. The predicted molar refractivity (Wildman–Crippen MR) is 108 cm³/mol. The number of carbonyl (C=O) groups is 2. The highest BCUT2D eigenvalue weighted by Gasteiger charge is 2.19. The fourth-order valence-electron chi connectivity index (χ4n) is 2.75. The Labute approximate surface area is 161 Å². The molecular weight excluding hydrogens is 340 g/mol. The van der Waals surface area contributed by atoms with Gasteiger partial charge < -0.3 is 15.0 Å². The van der Waals surface area contributed by atoms with Gasteiger partial charge in [0.25, 0.3) is 11.8 Å². The molecule has 0 aliphatic carbocycles. The van der Waals surface area contributed by atoms with E-state index < -0.39 is 6.10 Å². The fourth-order valence-corrected chi connectivity index (χ4v) is 2.75. The van der Waals surface area contributed by atoms with Gasteiger partial charge in [-0.15, -0.1) is 0 Å². The van der Waals surface area contributed by atoms with Crippen molar-refractivity contribution in [1.29, 1.82) is 0 Å². The van der Waals surface area contributed by atoms with E-state index in [0.717, 1.165) is 5.56 Å². The summed E-state index contributed by atoms with van der Waals surface area (Å²) in [4.78, 5) is 26.8. The molecule has 0 unspecified atom stereocenters. The SMILES string of the molecule is CC[C@H](Oc1ccc(C)cc1)C(=O)Nc1cccc(C(=O)N(CC)CC)c1. The van der Waals surface area contributed by atoms with Crippen LogP contribution in [0.15, 0.2) is 48.5 Å². The summed E-state index contributed by atoms with van der Waals surface area (Å²) in [5, 5.41) is 2.86. The van der Waals surface area contributed by atoms with Crippen LogP contribution in [0.1, 0.15) is 43.1 Å². The minimum Gasteiger partial charge on any atom is -0.481 e. The van der Waals surface area contributed by atoms with Crippen LogP contribution < -0.4 is 10.1 Å². The Bertz CT molecular complexity index is 767. The average molecular weight is 368 g/mol. The number of benzene rings is 2. The van der Waals surface area contributed by atoms with Crippen LogP contribution in [0.5, 0.6) is 5.75 Å². The van der Waals surface area contributed by atoms with E-state index in [-0.39, 0.29) is 11.8 Å². The van der Waals surface area contributed by atoms with Crippen molar-refractivity contribution in [3.8, 4) is 5.75 Å². The van der Waals surface area contributed by atoms with Gasteiger partial charge in [0.15, 0.2) is 6.10 Å². The van der Waals surface area contributed by atoms with Crippen LogP contribution in [0.3, 0.4) is 0 Å². The molecule has 2 amide bonds. The van der Waals surface area contributed by atoms with Crippen molar-refractivity contribution in [3.63, 3.8) is 0 Å². The van der Waals surface area contributed by atoms with E-state index in [2.05, 4.69) is 5.32 Å².